The van der Waals surface area contributed by atoms with Gasteiger partial charge in [-0.3, -0.25) is 4.79 Å². The van der Waals surface area contributed by atoms with Gasteiger partial charge in [-0.2, -0.15) is 0 Å². The van der Waals surface area contributed by atoms with Gasteiger partial charge >= 0.3 is 6.03 Å². The molecule has 0 atom stereocenters. The standard InChI is InChI=1S/C29H33ClFN3O2/c1-18(2)15-34(16-19(3)4)28-11-8-21(24-12-20(5)6-7-22(24)17-35)13-27(28)33-29(36)32-26-10-9-23(30)14-25(26)31/h6-14,17-19H,15-16H2,1-5H3,(H2,32,33,36). The van der Waals surface area contributed by atoms with Crippen molar-refractivity contribution >= 4 is 41.0 Å². The van der Waals surface area contributed by atoms with Crippen LogP contribution in [0.3, 0.4) is 0 Å². The number of nitrogens with zero attached hydrogens (tertiary/aromatic N) is 1. The van der Waals surface area contributed by atoms with E-state index in [-0.39, 0.29) is 10.7 Å². The Morgan fingerprint density at radius 3 is 2.22 bits per heavy atom. The van der Waals surface area contributed by atoms with Crippen LogP contribution in [0.4, 0.5) is 26.2 Å². The molecular weight excluding hydrogens is 477 g/mol. The molecule has 0 fully saturated rings. The number of amides is 2. The molecule has 0 aliphatic heterocycles. The number of rotatable bonds is 9. The summed E-state index contributed by atoms with van der Waals surface area (Å²) in [5.41, 5.74) is 4.61. The van der Waals surface area contributed by atoms with Gasteiger partial charge in [-0.1, -0.05) is 69.1 Å². The highest BCUT2D eigenvalue weighted by atomic mass is 35.5. The monoisotopic (exact) mass is 509 g/mol. The predicted octanol–water partition coefficient (Wildman–Crippen LogP) is 8.03. The molecule has 3 aromatic carbocycles. The average molecular weight is 510 g/mol. The maximum atomic E-state index is 14.3. The molecule has 0 aliphatic rings. The Labute approximate surface area is 217 Å². The van der Waals surface area contributed by atoms with Crippen LogP contribution in [0.2, 0.25) is 5.02 Å². The molecule has 7 heteroatoms. The van der Waals surface area contributed by atoms with Gasteiger partial charge in [0.05, 0.1) is 17.1 Å². The van der Waals surface area contributed by atoms with Crippen LogP contribution < -0.4 is 15.5 Å². The van der Waals surface area contributed by atoms with E-state index in [1.54, 1.807) is 6.07 Å². The highest BCUT2D eigenvalue weighted by Gasteiger charge is 2.18. The zero-order valence-electron chi connectivity index (χ0n) is 21.4. The SMILES string of the molecule is Cc1ccc(C=O)c(-c2ccc(N(CC(C)C)CC(C)C)c(NC(=O)Nc3ccc(Cl)cc3F)c2)c1. The summed E-state index contributed by atoms with van der Waals surface area (Å²) in [6.45, 7) is 12.1. The van der Waals surface area contributed by atoms with Crippen LogP contribution in [0.15, 0.2) is 54.6 Å². The van der Waals surface area contributed by atoms with E-state index < -0.39 is 11.8 Å². The van der Waals surface area contributed by atoms with E-state index in [2.05, 4.69) is 43.2 Å². The summed E-state index contributed by atoms with van der Waals surface area (Å²) in [6, 6.07) is 14.9. The zero-order chi connectivity index (χ0) is 26.4. The van der Waals surface area contributed by atoms with Crippen molar-refractivity contribution in [1.29, 1.82) is 0 Å². The van der Waals surface area contributed by atoms with E-state index in [9.17, 15) is 14.0 Å². The number of carbonyl (C=O) groups excluding carboxylic acids is 2. The second-order valence-corrected chi connectivity index (χ2v) is 10.3. The minimum absolute atomic E-state index is 0.0257. The van der Waals surface area contributed by atoms with Crippen molar-refractivity contribution in [3.8, 4) is 11.1 Å². The first kappa shape index (κ1) is 27.2. The summed E-state index contributed by atoms with van der Waals surface area (Å²) in [4.78, 5) is 26.9. The molecule has 0 bridgehead atoms. The number of anilines is 3. The van der Waals surface area contributed by atoms with Crippen LogP contribution in [0.5, 0.6) is 0 Å². The third kappa shape index (κ3) is 7.08. The smallest absolute Gasteiger partial charge is 0.323 e. The third-order valence-electron chi connectivity index (χ3n) is 5.58. The molecule has 0 unspecified atom stereocenters. The Bertz CT molecular complexity index is 1230. The normalized spacial score (nSPS) is 11.0. The third-order valence-corrected chi connectivity index (χ3v) is 5.82. The lowest BCUT2D eigenvalue weighted by atomic mass is 9.97. The van der Waals surface area contributed by atoms with E-state index >= 15 is 0 Å². The van der Waals surface area contributed by atoms with Crippen LogP contribution in [-0.4, -0.2) is 25.4 Å². The molecule has 3 aromatic rings. The Morgan fingerprint density at radius 2 is 1.61 bits per heavy atom. The highest BCUT2D eigenvalue weighted by Crippen LogP contribution is 2.34. The molecular formula is C29H33ClFN3O2. The molecule has 2 N–H and O–H groups in total. The number of aryl methyl sites for hydroxylation is 1. The quantitative estimate of drug-likeness (QED) is 0.287. The minimum Gasteiger partial charge on any atom is -0.369 e. The van der Waals surface area contributed by atoms with Crippen LogP contribution in [0.1, 0.15) is 43.6 Å². The summed E-state index contributed by atoms with van der Waals surface area (Å²) in [5.74, 6) is 0.168. The molecule has 0 spiro atoms. The topological polar surface area (TPSA) is 61.4 Å². The number of hydrogen-bond acceptors (Lipinski definition) is 3. The number of benzene rings is 3. The first-order valence-electron chi connectivity index (χ1n) is 12.1. The number of urea groups is 1. The van der Waals surface area contributed by atoms with Gasteiger partial charge in [0.25, 0.3) is 0 Å². The van der Waals surface area contributed by atoms with Gasteiger partial charge in [-0.15, -0.1) is 0 Å². The van der Waals surface area contributed by atoms with Gasteiger partial charge in [0.15, 0.2) is 6.29 Å². The first-order valence-corrected chi connectivity index (χ1v) is 12.4. The fourth-order valence-corrected chi connectivity index (χ4v) is 4.28. The van der Waals surface area contributed by atoms with Crippen molar-refractivity contribution in [3.63, 3.8) is 0 Å². The largest absolute Gasteiger partial charge is 0.369 e. The summed E-state index contributed by atoms with van der Waals surface area (Å²) >= 11 is 5.83. The fraction of sp³-hybridized carbons (Fsp3) is 0.310. The molecule has 0 saturated carbocycles. The van der Waals surface area contributed by atoms with Crippen molar-refractivity contribution in [3.05, 3.63) is 76.6 Å². The molecule has 0 heterocycles. The van der Waals surface area contributed by atoms with Gasteiger partial charge in [0.2, 0.25) is 0 Å². The summed E-state index contributed by atoms with van der Waals surface area (Å²) in [7, 11) is 0. The van der Waals surface area contributed by atoms with E-state index in [1.165, 1.54) is 12.1 Å². The molecule has 0 radical (unpaired) electrons. The van der Waals surface area contributed by atoms with Gasteiger partial charge in [-0.05, 0) is 60.2 Å². The minimum atomic E-state index is -0.622. The number of nitrogens with one attached hydrogen (secondary N) is 2. The summed E-state index contributed by atoms with van der Waals surface area (Å²) in [5, 5.41) is 5.72. The van der Waals surface area contributed by atoms with E-state index in [0.29, 0.717) is 23.1 Å². The number of hydrogen-bond donors (Lipinski definition) is 2. The molecule has 0 aromatic heterocycles. The molecule has 36 heavy (non-hydrogen) atoms. The molecule has 3 rings (SSSR count). The van der Waals surface area contributed by atoms with Crippen LogP contribution in [0.25, 0.3) is 11.1 Å². The molecule has 5 nitrogen and oxygen atoms in total. The Kier molecular flexibility index (Phi) is 9.10. The second kappa shape index (κ2) is 12.0. The predicted molar refractivity (Wildman–Crippen MR) is 148 cm³/mol. The van der Waals surface area contributed by atoms with Crippen molar-refractivity contribution in [1.82, 2.24) is 0 Å². The van der Waals surface area contributed by atoms with E-state index in [1.807, 2.05) is 37.3 Å². The lowest BCUT2D eigenvalue weighted by Gasteiger charge is -2.31. The van der Waals surface area contributed by atoms with Gasteiger partial charge in [-0.25, -0.2) is 9.18 Å². The number of halogens is 2. The van der Waals surface area contributed by atoms with Crippen molar-refractivity contribution < 1.29 is 14.0 Å². The van der Waals surface area contributed by atoms with E-state index in [4.69, 9.17) is 11.6 Å². The van der Waals surface area contributed by atoms with Crippen LogP contribution in [0, 0.1) is 24.6 Å². The summed E-state index contributed by atoms with van der Waals surface area (Å²) in [6.07, 6.45) is 0.829. The maximum Gasteiger partial charge on any atom is 0.323 e. The van der Waals surface area contributed by atoms with Gasteiger partial charge < -0.3 is 15.5 Å². The Balaban J connectivity index is 2.05. The average Bonchev–Trinajstić information content (AvgIpc) is 2.80. The molecule has 0 saturated heterocycles. The highest BCUT2D eigenvalue weighted by molar-refractivity contribution is 6.30. The number of aldehydes is 1. The zero-order valence-corrected chi connectivity index (χ0v) is 22.1. The van der Waals surface area contributed by atoms with Gasteiger partial charge in [0, 0.05) is 23.7 Å². The van der Waals surface area contributed by atoms with Crippen molar-refractivity contribution in [2.45, 2.75) is 34.6 Å². The van der Waals surface area contributed by atoms with Crippen LogP contribution in [-0.2, 0) is 0 Å². The van der Waals surface area contributed by atoms with Crippen molar-refractivity contribution in [2.75, 3.05) is 28.6 Å². The fourth-order valence-electron chi connectivity index (χ4n) is 4.12. The van der Waals surface area contributed by atoms with Crippen LogP contribution >= 0.6 is 11.6 Å². The Hall–Kier alpha value is -3.38. The second-order valence-electron chi connectivity index (χ2n) is 9.84. The maximum absolute atomic E-state index is 14.3. The van der Waals surface area contributed by atoms with Gasteiger partial charge in [0.1, 0.15) is 5.82 Å². The van der Waals surface area contributed by atoms with E-state index in [0.717, 1.165) is 47.8 Å². The molecule has 2 amide bonds. The first-order chi connectivity index (χ1) is 17.1. The summed E-state index contributed by atoms with van der Waals surface area (Å²) < 4.78 is 14.3. The Morgan fingerprint density at radius 1 is 0.944 bits per heavy atom. The lowest BCUT2D eigenvalue weighted by Crippen LogP contribution is -2.32. The molecule has 190 valence electrons. The van der Waals surface area contributed by atoms with Crippen molar-refractivity contribution in [2.24, 2.45) is 11.8 Å². The number of carbonyl (C=O) groups is 2. The lowest BCUT2D eigenvalue weighted by molar-refractivity contribution is 0.112. The molecule has 0 aliphatic carbocycles.